The number of aryl methyl sites for hydroxylation is 1. The minimum atomic E-state index is 0.246. The Morgan fingerprint density at radius 3 is 2.59 bits per heavy atom. The van der Waals surface area contributed by atoms with Gasteiger partial charge in [0.05, 0.1) is 12.2 Å². The molecule has 2 N–H and O–H groups in total. The van der Waals surface area contributed by atoms with Gasteiger partial charge >= 0.3 is 0 Å². The van der Waals surface area contributed by atoms with Crippen LogP contribution in [0.25, 0.3) is 0 Å². The maximum absolute atomic E-state index is 5.85. The molecule has 1 aromatic rings. The maximum atomic E-state index is 5.85. The van der Waals surface area contributed by atoms with Crippen molar-refractivity contribution >= 4 is 11.3 Å². The van der Waals surface area contributed by atoms with E-state index in [1.54, 1.807) is 11.3 Å². The average Bonchev–Trinajstić information content (AvgIpc) is 2.83. The molecular formula is C12H21N3OS. The van der Waals surface area contributed by atoms with E-state index in [9.17, 15) is 0 Å². The minimum absolute atomic E-state index is 0.246. The molecule has 4 unspecified atom stereocenters. The predicted molar refractivity (Wildman–Crippen MR) is 69.2 cm³/mol. The van der Waals surface area contributed by atoms with Crippen LogP contribution in [0.1, 0.15) is 43.1 Å². The summed E-state index contributed by atoms with van der Waals surface area (Å²) in [7, 11) is 0. The van der Waals surface area contributed by atoms with Crippen LogP contribution in [-0.4, -0.2) is 29.0 Å². The smallest absolute Gasteiger partial charge is 0.123 e. The predicted octanol–water partition coefficient (Wildman–Crippen LogP) is 1.96. The van der Waals surface area contributed by atoms with Crippen molar-refractivity contribution in [2.45, 2.75) is 51.7 Å². The average molecular weight is 255 g/mol. The molecule has 4 atom stereocenters. The number of hydrogen-bond donors (Lipinski definition) is 1. The summed E-state index contributed by atoms with van der Waals surface area (Å²) in [6.45, 7) is 7.22. The first-order valence-electron chi connectivity index (χ1n) is 6.31. The highest BCUT2D eigenvalue weighted by Gasteiger charge is 2.39. The molecule has 1 saturated heterocycles. The van der Waals surface area contributed by atoms with Crippen molar-refractivity contribution < 1.29 is 4.74 Å². The molecule has 2 rings (SSSR count). The van der Waals surface area contributed by atoms with E-state index in [-0.39, 0.29) is 6.10 Å². The summed E-state index contributed by atoms with van der Waals surface area (Å²) in [5.41, 5.74) is 5.50. The lowest BCUT2D eigenvalue weighted by Gasteiger charge is -2.14. The monoisotopic (exact) mass is 255 g/mol. The number of rotatable bonds is 4. The number of nitrogens with two attached hydrogens (primary N) is 1. The maximum Gasteiger partial charge on any atom is 0.123 e. The summed E-state index contributed by atoms with van der Waals surface area (Å²) < 4.78 is 5.85. The first-order chi connectivity index (χ1) is 8.13. The standard InChI is InChI=1S/C12H21N3OS/c1-7-8(2)16-9(3)11(7)12-15-14-10(17-12)5-4-6-13/h7-9,11H,4-6,13H2,1-3H3. The van der Waals surface area contributed by atoms with Crippen molar-refractivity contribution in [2.75, 3.05) is 6.54 Å². The third kappa shape index (κ3) is 2.67. The molecule has 1 fully saturated rings. The minimum Gasteiger partial charge on any atom is -0.375 e. The zero-order valence-electron chi connectivity index (χ0n) is 10.7. The summed E-state index contributed by atoms with van der Waals surface area (Å²) in [6, 6.07) is 0. The van der Waals surface area contributed by atoms with E-state index in [2.05, 4.69) is 31.0 Å². The van der Waals surface area contributed by atoms with E-state index < -0.39 is 0 Å². The molecule has 5 heteroatoms. The van der Waals surface area contributed by atoms with E-state index in [0.29, 0.717) is 24.5 Å². The van der Waals surface area contributed by atoms with Gasteiger partial charge < -0.3 is 10.5 Å². The Morgan fingerprint density at radius 1 is 1.24 bits per heavy atom. The van der Waals surface area contributed by atoms with Crippen LogP contribution in [-0.2, 0) is 11.2 Å². The SMILES string of the molecule is CC1OC(C)C(c2nnc(CCCN)s2)C1C. The molecular weight excluding hydrogens is 234 g/mol. The van der Waals surface area contributed by atoms with Crippen molar-refractivity contribution in [3.8, 4) is 0 Å². The van der Waals surface area contributed by atoms with Crippen LogP contribution in [0.3, 0.4) is 0 Å². The molecule has 1 aliphatic heterocycles. The molecule has 0 amide bonds. The molecule has 96 valence electrons. The van der Waals surface area contributed by atoms with Crippen molar-refractivity contribution in [2.24, 2.45) is 11.7 Å². The Balaban J connectivity index is 2.09. The Morgan fingerprint density at radius 2 is 2.00 bits per heavy atom. The lowest BCUT2D eigenvalue weighted by atomic mass is 9.90. The molecule has 0 aromatic carbocycles. The van der Waals surface area contributed by atoms with Crippen LogP contribution in [0.15, 0.2) is 0 Å². The second-order valence-corrected chi connectivity index (χ2v) is 5.95. The van der Waals surface area contributed by atoms with Gasteiger partial charge in [-0.2, -0.15) is 0 Å². The van der Waals surface area contributed by atoms with E-state index in [4.69, 9.17) is 10.5 Å². The zero-order chi connectivity index (χ0) is 12.4. The lowest BCUT2D eigenvalue weighted by molar-refractivity contribution is 0.0556. The normalized spacial score (nSPS) is 33.2. The van der Waals surface area contributed by atoms with Crippen LogP contribution >= 0.6 is 11.3 Å². The molecule has 17 heavy (non-hydrogen) atoms. The zero-order valence-corrected chi connectivity index (χ0v) is 11.5. The van der Waals surface area contributed by atoms with E-state index in [0.717, 1.165) is 22.9 Å². The third-order valence-corrected chi connectivity index (χ3v) is 4.69. The van der Waals surface area contributed by atoms with Gasteiger partial charge in [-0.15, -0.1) is 21.5 Å². The number of aromatic nitrogens is 2. The van der Waals surface area contributed by atoms with Gasteiger partial charge in [-0.3, -0.25) is 0 Å². The fraction of sp³-hybridized carbons (Fsp3) is 0.833. The highest BCUT2D eigenvalue weighted by molar-refractivity contribution is 7.11. The van der Waals surface area contributed by atoms with Crippen molar-refractivity contribution in [3.63, 3.8) is 0 Å². The topological polar surface area (TPSA) is 61.0 Å². The van der Waals surface area contributed by atoms with Crippen molar-refractivity contribution in [1.29, 1.82) is 0 Å². The van der Waals surface area contributed by atoms with Gasteiger partial charge in [0.15, 0.2) is 0 Å². The van der Waals surface area contributed by atoms with Crippen LogP contribution < -0.4 is 5.73 Å². The fourth-order valence-corrected chi connectivity index (χ4v) is 3.64. The van der Waals surface area contributed by atoms with E-state index in [1.165, 1.54) is 0 Å². The Kier molecular flexibility index (Phi) is 4.12. The largest absolute Gasteiger partial charge is 0.375 e. The fourth-order valence-electron chi connectivity index (χ4n) is 2.45. The van der Waals surface area contributed by atoms with Gasteiger partial charge in [-0.1, -0.05) is 6.92 Å². The van der Waals surface area contributed by atoms with E-state index >= 15 is 0 Å². The lowest BCUT2D eigenvalue weighted by Crippen LogP contribution is -2.14. The molecule has 0 saturated carbocycles. The van der Waals surface area contributed by atoms with Gasteiger partial charge in [-0.05, 0) is 32.7 Å². The Labute approximate surface area is 107 Å². The summed E-state index contributed by atoms with van der Waals surface area (Å²) >= 11 is 1.72. The van der Waals surface area contributed by atoms with Gasteiger partial charge in [0.25, 0.3) is 0 Å². The van der Waals surface area contributed by atoms with Crippen LogP contribution in [0.5, 0.6) is 0 Å². The first kappa shape index (κ1) is 12.9. The van der Waals surface area contributed by atoms with Crippen molar-refractivity contribution in [3.05, 3.63) is 10.0 Å². The summed E-state index contributed by atoms with van der Waals surface area (Å²) in [5, 5.41) is 10.8. The summed E-state index contributed by atoms with van der Waals surface area (Å²) in [6.07, 6.45) is 2.49. The van der Waals surface area contributed by atoms with Gasteiger partial charge in [-0.25, -0.2) is 0 Å². The first-order valence-corrected chi connectivity index (χ1v) is 7.13. The second kappa shape index (κ2) is 5.42. The Hall–Kier alpha value is -0.520. The molecule has 0 spiro atoms. The highest BCUT2D eigenvalue weighted by Crippen LogP contribution is 2.40. The number of nitrogens with zero attached hydrogens (tertiary/aromatic N) is 2. The molecule has 0 radical (unpaired) electrons. The molecule has 0 aliphatic carbocycles. The van der Waals surface area contributed by atoms with Crippen LogP contribution in [0, 0.1) is 5.92 Å². The van der Waals surface area contributed by atoms with Crippen LogP contribution in [0.2, 0.25) is 0 Å². The summed E-state index contributed by atoms with van der Waals surface area (Å²) in [5.74, 6) is 0.912. The Bertz CT molecular complexity index is 368. The van der Waals surface area contributed by atoms with Crippen molar-refractivity contribution in [1.82, 2.24) is 10.2 Å². The molecule has 4 nitrogen and oxygen atoms in total. The van der Waals surface area contributed by atoms with Crippen LogP contribution in [0.4, 0.5) is 0 Å². The van der Waals surface area contributed by atoms with Gasteiger partial charge in [0.2, 0.25) is 0 Å². The molecule has 2 heterocycles. The third-order valence-electron chi connectivity index (χ3n) is 3.60. The van der Waals surface area contributed by atoms with Gasteiger partial charge in [0, 0.05) is 12.3 Å². The molecule has 1 aromatic heterocycles. The second-order valence-electron chi connectivity index (χ2n) is 4.86. The highest BCUT2D eigenvalue weighted by atomic mass is 32.1. The quantitative estimate of drug-likeness (QED) is 0.893. The number of hydrogen-bond acceptors (Lipinski definition) is 5. The summed E-state index contributed by atoms with van der Waals surface area (Å²) in [4.78, 5) is 0. The number of ether oxygens (including phenoxy) is 1. The molecule has 0 bridgehead atoms. The van der Waals surface area contributed by atoms with E-state index in [1.807, 2.05) is 0 Å². The van der Waals surface area contributed by atoms with Gasteiger partial charge in [0.1, 0.15) is 10.0 Å². The molecule has 1 aliphatic rings.